The monoisotopic (exact) mass is 207 g/mol. The molecule has 0 bridgehead atoms. The van der Waals surface area contributed by atoms with Crippen molar-refractivity contribution >= 4 is 0 Å². The van der Waals surface area contributed by atoms with Gasteiger partial charge in [-0.1, -0.05) is 12.8 Å². The summed E-state index contributed by atoms with van der Waals surface area (Å²) in [5, 5.41) is 9.09. The van der Waals surface area contributed by atoms with E-state index in [4.69, 9.17) is 9.84 Å². The first-order valence-electron chi connectivity index (χ1n) is 5.56. The van der Waals surface area contributed by atoms with Crippen LogP contribution in [0.25, 0.3) is 0 Å². The Morgan fingerprint density at radius 3 is 2.93 bits per heavy atom. The third kappa shape index (κ3) is 2.69. The Bertz CT molecular complexity index is 308. The van der Waals surface area contributed by atoms with Gasteiger partial charge in [0.1, 0.15) is 5.75 Å². The Morgan fingerprint density at radius 1 is 1.40 bits per heavy atom. The van der Waals surface area contributed by atoms with E-state index in [1.807, 2.05) is 6.07 Å². The van der Waals surface area contributed by atoms with E-state index in [0.717, 1.165) is 17.9 Å². The molecule has 1 fully saturated rings. The lowest BCUT2D eigenvalue weighted by molar-refractivity contribution is 0.234. The van der Waals surface area contributed by atoms with Gasteiger partial charge >= 0.3 is 0 Å². The molecule has 1 aromatic heterocycles. The normalized spacial score (nSPS) is 16.9. The summed E-state index contributed by atoms with van der Waals surface area (Å²) in [5.41, 5.74) is 0.774. The average molecular weight is 207 g/mol. The Balaban J connectivity index is 1.91. The minimum absolute atomic E-state index is 0.00611. The molecule has 1 N–H and O–H groups in total. The van der Waals surface area contributed by atoms with Crippen LogP contribution in [0.3, 0.4) is 0 Å². The number of rotatable bonds is 4. The van der Waals surface area contributed by atoms with E-state index in [1.165, 1.54) is 25.7 Å². The molecule has 0 saturated heterocycles. The Morgan fingerprint density at radius 2 is 2.20 bits per heavy atom. The van der Waals surface area contributed by atoms with Crippen molar-refractivity contribution in [1.29, 1.82) is 0 Å². The molecule has 3 heteroatoms. The number of ether oxygens (including phenoxy) is 1. The van der Waals surface area contributed by atoms with E-state index in [2.05, 4.69) is 4.98 Å². The van der Waals surface area contributed by atoms with Crippen LogP contribution in [-0.4, -0.2) is 16.7 Å². The van der Waals surface area contributed by atoms with Gasteiger partial charge in [-0.3, -0.25) is 4.98 Å². The SMILES string of the molecule is OCc1cnccc1OCC1CCCC1. The molecule has 0 atom stereocenters. The first kappa shape index (κ1) is 10.4. The fourth-order valence-corrected chi connectivity index (χ4v) is 2.06. The van der Waals surface area contributed by atoms with Crippen LogP contribution < -0.4 is 4.74 Å². The zero-order chi connectivity index (χ0) is 10.5. The van der Waals surface area contributed by atoms with E-state index < -0.39 is 0 Å². The van der Waals surface area contributed by atoms with Crippen molar-refractivity contribution in [3.63, 3.8) is 0 Å². The predicted molar refractivity (Wildman–Crippen MR) is 57.6 cm³/mol. The first-order valence-corrected chi connectivity index (χ1v) is 5.56. The number of pyridine rings is 1. The van der Waals surface area contributed by atoms with Crippen LogP contribution in [0.2, 0.25) is 0 Å². The van der Waals surface area contributed by atoms with Gasteiger partial charge in [0, 0.05) is 18.0 Å². The molecule has 1 heterocycles. The highest BCUT2D eigenvalue weighted by molar-refractivity contribution is 5.29. The second-order valence-corrected chi connectivity index (χ2v) is 4.10. The smallest absolute Gasteiger partial charge is 0.127 e. The van der Waals surface area contributed by atoms with Crippen LogP contribution in [0, 0.1) is 5.92 Å². The molecule has 0 aromatic carbocycles. The van der Waals surface area contributed by atoms with Crippen LogP contribution >= 0.6 is 0 Å². The van der Waals surface area contributed by atoms with E-state index in [9.17, 15) is 0 Å². The van der Waals surface area contributed by atoms with Crippen LogP contribution in [0.4, 0.5) is 0 Å². The fraction of sp³-hybridized carbons (Fsp3) is 0.583. The van der Waals surface area contributed by atoms with E-state index in [1.54, 1.807) is 12.4 Å². The Kier molecular flexibility index (Phi) is 3.56. The van der Waals surface area contributed by atoms with E-state index >= 15 is 0 Å². The van der Waals surface area contributed by atoms with Gasteiger partial charge in [-0.2, -0.15) is 0 Å². The van der Waals surface area contributed by atoms with Crippen LogP contribution in [-0.2, 0) is 6.61 Å². The Hall–Kier alpha value is -1.09. The van der Waals surface area contributed by atoms with Crippen molar-refractivity contribution in [3.8, 4) is 5.75 Å². The van der Waals surface area contributed by atoms with Gasteiger partial charge in [0.05, 0.1) is 13.2 Å². The molecular formula is C12H17NO2. The maximum Gasteiger partial charge on any atom is 0.127 e. The van der Waals surface area contributed by atoms with Gasteiger partial charge in [-0.15, -0.1) is 0 Å². The quantitative estimate of drug-likeness (QED) is 0.822. The second kappa shape index (κ2) is 5.12. The highest BCUT2D eigenvalue weighted by Crippen LogP contribution is 2.26. The lowest BCUT2D eigenvalue weighted by atomic mass is 10.1. The minimum atomic E-state index is -0.00611. The third-order valence-corrected chi connectivity index (χ3v) is 2.98. The first-order chi connectivity index (χ1) is 7.40. The molecule has 0 radical (unpaired) electrons. The van der Waals surface area contributed by atoms with E-state index in [0.29, 0.717) is 5.92 Å². The molecule has 0 amide bonds. The van der Waals surface area contributed by atoms with Gasteiger partial charge in [0.15, 0.2) is 0 Å². The predicted octanol–water partition coefficient (Wildman–Crippen LogP) is 2.14. The topological polar surface area (TPSA) is 42.4 Å². The van der Waals surface area contributed by atoms with Crippen LogP contribution in [0.1, 0.15) is 31.2 Å². The number of nitrogens with zero attached hydrogens (tertiary/aromatic N) is 1. The number of aliphatic hydroxyl groups excluding tert-OH is 1. The van der Waals surface area contributed by atoms with Crippen molar-refractivity contribution < 1.29 is 9.84 Å². The number of hydrogen-bond donors (Lipinski definition) is 1. The van der Waals surface area contributed by atoms with Gasteiger partial charge in [-0.05, 0) is 24.8 Å². The number of aliphatic hydroxyl groups is 1. The average Bonchev–Trinajstić information content (AvgIpc) is 2.79. The van der Waals surface area contributed by atoms with E-state index in [-0.39, 0.29) is 6.61 Å². The van der Waals surface area contributed by atoms with Crippen LogP contribution in [0.15, 0.2) is 18.5 Å². The van der Waals surface area contributed by atoms with Gasteiger partial charge < -0.3 is 9.84 Å². The summed E-state index contributed by atoms with van der Waals surface area (Å²) in [7, 11) is 0. The molecule has 0 unspecified atom stereocenters. The summed E-state index contributed by atoms with van der Waals surface area (Å²) in [4.78, 5) is 3.96. The molecule has 1 aliphatic carbocycles. The van der Waals surface area contributed by atoms with Crippen molar-refractivity contribution in [2.75, 3.05) is 6.61 Å². The summed E-state index contributed by atoms with van der Waals surface area (Å²) in [6, 6.07) is 1.82. The van der Waals surface area contributed by atoms with Crippen molar-refractivity contribution in [2.45, 2.75) is 32.3 Å². The maximum absolute atomic E-state index is 9.09. The van der Waals surface area contributed by atoms with Crippen molar-refractivity contribution in [2.24, 2.45) is 5.92 Å². The lowest BCUT2D eigenvalue weighted by Gasteiger charge is -2.13. The molecule has 0 spiro atoms. The van der Waals surface area contributed by atoms with Crippen LogP contribution in [0.5, 0.6) is 5.75 Å². The fourth-order valence-electron chi connectivity index (χ4n) is 2.06. The molecule has 82 valence electrons. The molecule has 0 aliphatic heterocycles. The summed E-state index contributed by atoms with van der Waals surface area (Å²) in [5.74, 6) is 1.48. The summed E-state index contributed by atoms with van der Waals surface area (Å²) in [6.07, 6.45) is 8.57. The molecule has 1 aromatic rings. The highest BCUT2D eigenvalue weighted by atomic mass is 16.5. The minimum Gasteiger partial charge on any atom is -0.493 e. The molecular weight excluding hydrogens is 190 g/mol. The second-order valence-electron chi connectivity index (χ2n) is 4.10. The summed E-state index contributed by atoms with van der Waals surface area (Å²) < 4.78 is 5.71. The summed E-state index contributed by atoms with van der Waals surface area (Å²) >= 11 is 0. The maximum atomic E-state index is 9.09. The van der Waals surface area contributed by atoms with Gasteiger partial charge in [0.2, 0.25) is 0 Å². The van der Waals surface area contributed by atoms with Crippen molar-refractivity contribution in [3.05, 3.63) is 24.0 Å². The lowest BCUT2D eigenvalue weighted by Crippen LogP contribution is -2.09. The largest absolute Gasteiger partial charge is 0.493 e. The number of hydrogen-bond acceptors (Lipinski definition) is 3. The molecule has 15 heavy (non-hydrogen) atoms. The highest BCUT2D eigenvalue weighted by Gasteiger charge is 2.16. The number of aromatic nitrogens is 1. The molecule has 1 saturated carbocycles. The van der Waals surface area contributed by atoms with Gasteiger partial charge in [-0.25, -0.2) is 0 Å². The zero-order valence-corrected chi connectivity index (χ0v) is 8.85. The van der Waals surface area contributed by atoms with Crippen molar-refractivity contribution in [1.82, 2.24) is 4.98 Å². The molecule has 2 rings (SSSR count). The summed E-state index contributed by atoms with van der Waals surface area (Å²) in [6.45, 7) is 0.769. The van der Waals surface area contributed by atoms with Gasteiger partial charge in [0.25, 0.3) is 0 Å². The third-order valence-electron chi connectivity index (χ3n) is 2.98. The standard InChI is InChI=1S/C12H17NO2/c14-8-11-7-13-6-5-12(11)15-9-10-3-1-2-4-10/h5-7,10,14H,1-4,8-9H2. The Labute approximate surface area is 90.1 Å². The molecule has 1 aliphatic rings. The molecule has 3 nitrogen and oxygen atoms in total. The zero-order valence-electron chi connectivity index (χ0n) is 8.85.